The van der Waals surface area contributed by atoms with E-state index in [0.717, 1.165) is 0 Å². The molecule has 2 N–H and O–H groups in total. The Labute approximate surface area is 92.3 Å². The summed E-state index contributed by atoms with van der Waals surface area (Å²) in [4.78, 5) is 7.97. The first-order valence-electron chi connectivity index (χ1n) is 4.84. The van der Waals surface area contributed by atoms with Crippen LogP contribution in [0.1, 0.15) is 18.9 Å². The standard InChI is InChI=1S/C9H12N6O/c1-6(10-2)7-14-15-9(16-7)13-8-11-4-3-5-12-8/h3-6,10H,1-2H3,(H,11,12,13,15). The minimum Gasteiger partial charge on any atom is -0.406 e. The van der Waals surface area contributed by atoms with E-state index in [1.807, 2.05) is 14.0 Å². The van der Waals surface area contributed by atoms with Crippen LogP contribution in [0.2, 0.25) is 0 Å². The fourth-order valence-corrected chi connectivity index (χ4v) is 1.04. The van der Waals surface area contributed by atoms with Crippen molar-refractivity contribution in [2.75, 3.05) is 12.4 Å². The van der Waals surface area contributed by atoms with Crippen molar-refractivity contribution >= 4 is 12.0 Å². The molecule has 0 aliphatic heterocycles. The van der Waals surface area contributed by atoms with E-state index in [1.165, 1.54) is 0 Å². The van der Waals surface area contributed by atoms with E-state index in [1.54, 1.807) is 18.5 Å². The monoisotopic (exact) mass is 220 g/mol. The molecule has 7 nitrogen and oxygen atoms in total. The fraction of sp³-hybridized carbons (Fsp3) is 0.333. The molecule has 0 aliphatic rings. The minimum absolute atomic E-state index is 0.0136. The molecule has 0 saturated heterocycles. The highest BCUT2D eigenvalue weighted by atomic mass is 16.4. The Balaban J connectivity index is 2.09. The van der Waals surface area contributed by atoms with E-state index in [4.69, 9.17) is 4.42 Å². The minimum atomic E-state index is 0.0136. The molecule has 1 unspecified atom stereocenters. The zero-order chi connectivity index (χ0) is 11.4. The second-order valence-electron chi connectivity index (χ2n) is 3.15. The van der Waals surface area contributed by atoms with Crippen LogP contribution in [0.5, 0.6) is 0 Å². The van der Waals surface area contributed by atoms with Gasteiger partial charge in [0, 0.05) is 12.4 Å². The van der Waals surface area contributed by atoms with Gasteiger partial charge >= 0.3 is 6.01 Å². The number of hydrogen-bond acceptors (Lipinski definition) is 7. The highest BCUT2D eigenvalue weighted by molar-refractivity contribution is 5.38. The Morgan fingerprint density at radius 2 is 2.00 bits per heavy atom. The number of hydrogen-bond donors (Lipinski definition) is 2. The van der Waals surface area contributed by atoms with Gasteiger partial charge in [-0.05, 0) is 20.0 Å². The molecule has 0 amide bonds. The average Bonchev–Trinajstić information content (AvgIpc) is 2.78. The van der Waals surface area contributed by atoms with Crippen molar-refractivity contribution in [2.45, 2.75) is 13.0 Å². The van der Waals surface area contributed by atoms with Gasteiger partial charge in [0.2, 0.25) is 11.8 Å². The van der Waals surface area contributed by atoms with Gasteiger partial charge in [0.05, 0.1) is 6.04 Å². The van der Waals surface area contributed by atoms with E-state index in [-0.39, 0.29) is 12.1 Å². The quantitative estimate of drug-likeness (QED) is 0.790. The molecule has 2 aromatic rings. The van der Waals surface area contributed by atoms with Gasteiger partial charge in [-0.25, -0.2) is 9.97 Å². The molecule has 0 fully saturated rings. The van der Waals surface area contributed by atoms with Crippen LogP contribution < -0.4 is 10.6 Å². The van der Waals surface area contributed by atoms with Crippen LogP contribution in [-0.4, -0.2) is 27.2 Å². The number of nitrogens with one attached hydrogen (secondary N) is 2. The lowest BCUT2D eigenvalue weighted by atomic mass is 10.3. The molecule has 84 valence electrons. The summed E-state index contributed by atoms with van der Waals surface area (Å²) in [5, 5.41) is 13.5. The summed E-state index contributed by atoms with van der Waals surface area (Å²) >= 11 is 0. The first kappa shape index (κ1) is 10.5. The smallest absolute Gasteiger partial charge is 0.322 e. The van der Waals surface area contributed by atoms with Crippen molar-refractivity contribution in [3.05, 3.63) is 24.4 Å². The molecule has 0 radical (unpaired) electrons. The summed E-state index contributed by atoms with van der Waals surface area (Å²) in [6.07, 6.45) is 3.26. The van der Waals surface area contributed by atoms with Crippen molar-refractivity contribution in [2.24, 2.45) is 0 Å². The van der Waals surface area contributed by atoms with Crippen molar-refractivity contribution in [1.82, 2.24) is 25.5 Å². The highest BCUT2D eigenvalue weighted by Crippen LogP contribution is 2.14. The number of rotatable bonds is 4. The van der Waals surface area contributed by atoms with Gasteiger partial charge in [-0.3, -0.25) is 5.32 Å². The Morgan fingerprint density at radius 3 is 2.69 bits per heavy atom. The van der Waals surface area contributed by atoms with Crippen LogP contribution in [-0.2, 0) is 0 Å². The van der Waals surface area contributed by atoms with Crippen LogP contribution in [0.4, 0.5) is 12.0 Å². The molecule has 0 bridgehead atoms. The second kappa shape index (κ2) is 4.67. The number of nitrogens with zero attached hydrogens (tertiary/aromatic N) is 4. The zero-order valence-electron chi connectivity index (χ0n) is 9.01. The predicted octanol–water partition coefficient (Wildman–Crippen LogP) is 0.884. The molecule has 7 heteroatoms. The summed E-state index contributed by atoms with van der Waals surface area (Å²) in [6, 6.07) is 2.02. The molecule has 0 aromatic carbocycles. The van der Waals surface area contributed by atoms with Crippen LogP contribution >= 0.6 is 0 Å². The molecule has 0 saturated carbocycles. The summed E-state index contributed by atoms with van der Waals surface area (Å²) in [7, 11) is 1.82. The first-order valence-corrected chi connectivity index (χ1v) is 4.84. The first-order chi connectivity index (χ1) is 7.79. The maximum atomic E-state index is 5.36. The van der Waals surface area contributed by atoms with Crippen LogP contribution in [0.15, 0.2) is 22.9 Å². The van der Waals surface area contributed by atoms with Crippen molar-refractivity contribution in [3.63, 3.8) is 0 Å². The molecule has 2 aromatic heterocycles. The van der Waals surface area contributed by atoms with Gasteiger partial charge in [0.25, 0.3) is 0 Å². The number of anilines is 2. The van der Waals surface area contributed by atoms with Gasteiger partial charge in [0.1, 0.15) is 0 Å². The number of aromatic nitrogens is 4. The summed E-state index contributed by atoms with van der Waals surface area (Å²) in [5.74, 6) is 0.941. The molecular formula is C9H12N6O. The molecule has 16 heavy (non-hydrogen) atoms. The predicted molar refractivity (Wildman–Crippen MR) is 57.1 cm³/mol. The molecule has 0 aliphatic carbocycles. The molecule has 0 spiro atoms. The molecule has 1 atom stereocenters. The summed E-state index contributed by atoms with van der Waals surface area (Å²) < 4.78 is 5.36. The van der Waals surface area contributed by atoms with Crippen molar-refractivity contribution < 1.29 is 4.42 Å². The van der Waals surface area contributed by atoms with E-state index < -0.39 is 0 Å². The van der Waals surface area contributed by atoms with Gasteiger partial charge < -0.3 is 9.73 Å². The lowest BCUT2D eigenvalue weighted by Gasteiger charge is -2.02. The Morgan fingerprint density at radius 1 is 1.25 bits per heavy atom. The Bertz CT molecular complexity index is 442. The third kappa shape index (κ3) is 2.31. The van der Waals surface area contributed by atoms with Gasteiger partial charge in [-0.2, -0.15) is 0 Å². The third-order valence-corrected chi connectivity index (χ3v) is 2.03. The molecular weight excluding hydrogens is 208 g/mol. The van der Waals surface area contributed by atoms with E-state index in [2.05, 4.69) is 30.8 Å². The van der Waals surface area contributed by atoms with Gasteiger partial charge in [0.15, 0.2) is 0 Å². The van der Waals surface area contributed by atoms with Gasteiger partial charge in [-0.15, -0.1) is 5.10 Å². The second-order valence-corrected chi connectivity index (χ2v) is 3.15. The van der Waals surface area contributed by atoms with Crippen molar-refractivity contribution in [3.8, 4) is 0 Å². The van der Waals surface area contributed by atoms with E-state index >= 15 is 0 Å². The zero-order valence-corrected chi connectivity index (χ0v) is 9.01. The normalized spacial score (nSPS) is 12.4. The van der Waals surface area contributed by atoms with E-state index in [0.29, 0.717) is 11.8 Å². The maximum absolute atomic E-state index is 5.36. The Hall–Kier alpha value is -2.02. The maximum Gasteiger partial charge on any atom is 0.322 e. The highest BCUT2D eigenvalue weighted by Gasteiger charge is 2.12. The molecule has 2 rings (SSSR count). The van der Waals surface area contributed by atoms with Crippen molar-refractivity contribution in [1.29, 1.82) is 0 Å². The largest absolute Gasteiger partial charge is 0.406 e. The Kier molecular flexibility index (Phi) is 3.06. The van der Waals surface area contributed by atoms with Crippen LogP contribution in [0, 0.1) is 0 Å². The van der Waals surface area contributed by atoms with Crippen LogP contribution in [0.25, 0.3) is 0 Å². The lowest BCUT2D eigenvalue weighted by Crippen LogP contribution is -2.12. The topological polar surface area (TPSA) is 88.8 Å². The summed E-state index contributed by atoms with van der Waals surface area (Å²) in [5.41, 5.74) is 0. The molecule has 2 heterocycles. The third-order valence-electron chi connectivity index (χ3n) is 2.03. The van der Waals surface area contributed by atoms with Crippen LogP contribution in [0.3, 0.4) is 0 Å². The van der Waals surface area contributed by atoms with Gasteiger partial charge in [-0.1, -0.05) is 5.10 Å². The lowest BCUT2D eigenvalue weighted by molar-refractivity contribution is 0.443. The average molecular weight is 220 g/mol. The van der Waals surface area contributed by atoms with E-state index in [9.17, 15) is 0 Å². The summed E-state index contributed by atoms with van der Waals surface area (Å²) in [6.45, 7) is 1.93. The fourth-order valence-electron chi connectivity index (χ4n) is 1.04. The SMILES string of the molecule is CNC(C)c1nnc(Nc2ncccn2)o1.